The number of halogens is 2. The molecule has 0 saturated heterocycles. The Morgan fingerprint density at radius 1 is 0.960 bits per heavy atom. The van der Waals surface area contributed by atoms with Crippen LogP contribution >= 0.6 is 0 Å². The standard InChI is InChI=1S/C19H19F2NO3/c20-17(21)13-22(12-15-4-2-1-3-5-15)18(23)11-8-14-6-9-16(10-7-14)19(24)25/h1-7,9-10,17H,8,11-13H2,(H,24,25). The molecule has 0 atom stereocenters. The van der Waals surface area contributed by atoms with Gasteiger partial charge in [0.15, 0.2) is 0 Å². The summed E-state index contributed by atoms with van der Waals surface area (Å²) in [6.45, 7) is -0.465. The quantitative estimate of drug-likeness (QED) is 0.794. The summed E-state index contributed by atoms with van der Waals surface area (Å²) in [6.07, 6.45) is -2.14. The van der Waals surface area contributed by atoms with Gasteiger partial charge in [0.25, 0.3) is 6.43 Å². The summed E-state index contributed by atoms with van der Waals surface area (Å²) in [4.78, 5) is 24.3. The van der Waals surface area contributed by atoms with Crippen LogP contribution in [0.25, 0.3) is 0 Å². The number of nitrogens with zero attached hydrogens (tertiary/aromatic N) is 1. The largest absolute Gasteiger partial charge is 0.478 e. The maximum Gasteiger partial charge on any atom is 0.335 e. The highest BCUT2D eigenvalue weighted by atomic mass is 19.3. The molecule has 6 heteroatoms. The first kappa shape index (κ1) is 18.6. The molecule has 0 fully saturated rings. The zero-order chi connectivity index (χ0) is 18.2. The highest BCUT2D eigenvalue weighted by Gasteiger charge is 2.18. The van der Waals surface area contributed by atoms with Crippen molar-refractivity contribution < 1.29 is 23.5 Å². The first-order valence-corrected chi connectivity index (χ1v) is 7.88. The average Bonchev–Trinajstić information content (AvgIpc) is 2.60. The van der Waals surface area contributed by atoms with Crippen LogP contribution in [0.15, 0.2) is 54.6 Å². The maximum atomic E-state index is 12.8. The van der Waals surface area contributed by atoms with Gasteiger partial charge in [-0.3, -0.25) is 4.79 Å². The fraction of sp³-hybridized carbons (Fsp3) is 0.263. The second-order valence-electron chi connectivity index (χ2n) is 5.65. The number of hydrogen-bond acceptors (Lipinski definition) is 2. The molecule has 0 bridgehead atoms. The van der Waals surface area contributed by atoms with Crippen molar-refractivity contribution in [3.05, 3.63) is 71.3 Å². The van der Waals surface area contributed by atoms with E-state index < -0.39 is 18.9 Å². The van der Waals surface area contributed by atoms with E-state index in [9.17, 15) is 18.4 Å². The first-order chi connectivity index (χ1) is 12.0. The Hall–Kier alpha value is -2.76. The third-order valence-electron chi connectivity index (χ3n) is 3.76. The molecule has 4 nitrogen and oxygen atoms in total. The van der Waals surface area contributed by atoms with E-state index >= 15 is 0 Å². The second kappa shape index (κ2) is 8.92. The zero-order valence-corrected chi connectivity index (χ0v) is 13.6. The smallest absolute Gasteiger partial charge is 0.335 e. The van der Waals surface area contributed by atoms with Crippen molar-refractivity contribution in [1.29, 1.82) is 0 Å². The van der Waals surface area contributed by atoms with E-state index in [0.29, 0.717) is 6.42 Å². The van der Waals surface area contributed by atoms with Crippen molar-refractivity contribution in [1.82, 2.24) is 4.90 Å². The third-order valence-corrected chi connectivity index (χ3v) is 3.76. The van der Waals surface area contributed by atoms with Crippen LogP contribution in [0, 0.1) is 0 Å². The maximum absolute atomic E-state index is 12.8. The van der Waals surface area contributed by atoms with Crippen LogP contribution in [0.5, 0.6) is 0 Å². The number of alkyl halides is 2. The Bertz CT molecular complexity index is 702. The average molecular weight is 347 g/mol. The molecule has 0 spiro atoms. The number of hydrogen-bond donors (Lipinski definition) is 1. The molecule has 0 saturated carbocycles. The number of carboxylic acids is 1. The van der Waals surface area contributed by atoms with Crippen LogP contribution in [0.3, 0.4) is 0 Å². The van der Waals surface area contributed by atoms with Gasteiger partial charge in [0, 0.05) is 13.0 Å². The lowest BCUT2D eigenvalue weighted by atomic mass is 10.1. The number of benzene rings is 2. The number of rotatable bonds is 8. The van der Waals surface area contributed by atoms with Gasteiger partial charge in [-0.1, -0.05) is 42.5 Å². The first-order valence-electron chi connectivity index (χ1n) is 7.88. The molecule has 0 aliphatic carbocycles. The fourth-order valence-electron chi connectivity index (χ4n) is 2.45. The molecule has 0 aliphatic rings. The lowest BCUT2D eigenvalue weighted by Gasteiger charge is -2.22. The predicted molar refractivity (Wildman–Crippen MR) is 89.6 cm³/mol. The van der Waals surface area contributed by atoms with Crippen LogP contribution in [0.2, 0.25) is 0 Å². The van der Waals surface area contributed by atoms with Crippen molar-refractivity contribution in [3.8, 4) is 0 Å². The molecule has 25 heavy (non-hydrogen) atoms. The fourth-order valence-corrected chi connectivity index (χ4v) is 2.45. The molecule has 2 rings (SSSR count). The Kier molecular flexibility index (Phi) is 6.62. The SMILES string of the molecule is O=C(O)c1ccc(CCC(=O)N(Cc2ccccc2)CC(F)F)cc1. The van der Waals surface area contributed by atoms with E-state index in [1.54, 1.807) is 36.4 Å². The van der Waals surface area contributed by atoms with Gasteiger partial charge in [-0.05, 0) is 29.7 Å². The highest BCUT2D eigenvalue weighted by molar-refractivity contribution is 5.87. The van der Waals surface area contributed by atoms with Crippen molar-refractivity contribution >= 4 is 11.9 Å². The summed E-state index contributed by atoms with van der Waals surface area (Å²) in [5, 5.41) is 8.86. The lowest BCUT2D eigenvalue weighted by Crippen LogP contribution is -2.34. The molecular weight excluding hydrogens is 328 g/mol. The molecule has 1 N–H and O–H groups in total. The van der Waals surface area contributed by atoms with E-state index in [0.717, 1.165) is 16.0 Å². The van der Waals surface area contributed by atoms with E-state index in [1.807, 2.05) is 6.07 Å². The van der Waals surface area contributed by atoms with Crippen LogP contribution < -0.4 is 0 Å². The van der Waals surface area contributed by atoms with E-state index in [1.165, 1.54) is 12.1 Å². The van der Waals surface area contributed by atoms with Gasteiger partial charge >= 0.3 is 5.97 Å². The number of aryl methyl sites for hydroxylation is 1. The summed E-state index contributed by atoms with van der Waals surface area (Å²) in [7, 11) is 0. The Labute approximate surface area is 144 Å². The summed E-state index contributed by atoms with van der Waals surface area (Å²) >= 11 is 0. The van der Waals surface area contributed by atoms with Gasteiger partial charge in [-0.25, -0.2) is 13.6 Å². The lowest BCUT2D eigenvalue weighted by molar-refractivity contribution is -0.133. The van der Waals surface area contributed by atoms with E-state index in [4.69, 9.17) is 5.11 Å². The molecule has 2 aromatic rings. The number of amides is 1. The normalized spacial score (nSPS) is 10.7. The second-order valence-corrected chi connectivity index (χ2v) is 5.65. The van der Waals surface area contributed by atoms with Gasteiger partial charge in [-0.2, -0.15) is 0 Å². The zero-order valence-electron chi connectivity index (χ0n) is 13.6. The monoisotopic (exact) mass is 347 g/mol. The number of carboxylic acid groups (broad SMARTS) is 1. The summed E-state index contributed by atoms with van der Waals surface area (Å²) in [6, 6.07) is 15.2. The van der Waals surface area contributed by atoms with Crippen molar-refractivity contribution in [2.45, 2.75) is 25.8 Å². The Morgan fingerprint density at radius 2 is 1.60 bits per heavy atom. The minimum atomic E-state index is -2.59. The van der Waals surface area contributed by atoms with Gasteiger partial charge in [0.2, 0.25) is 5.91 Å². The van der Waals surface area contributed by atoms with Crippen LogP contribution in [0.4, 0.5) is 8.78 Å². The van der Waals surface area contributed by atoms with Crippen molar-refractivity contribution in [3.63, 3.8) is 0 Å². The molecule has 0 aliphatic heterocycles. The molecule has 0 unspecified atom stereocenters. The number of aromatic carboxylic acids is 1. The number of carbonyl (C=O) groups excluding carboxylic acids is 1. The van der Waals surface area contributed by atoms with Crippen molar-refractivity contribution in [2.24, 2.45) is 0 Å². The summed E-state index contributed by atoms with van der Waals surface area (Å²) in [5.74, 6) is -1.37. The molecule has 0 aromatic heterocycles. The van der Waals surface area contributed by atoms with E-state index in [-0.39, 0.29) is 24.4 Å². The third kappa shape index (κ3) is 5.99. The molecule has 1 amide bonds. The summed E-state index contributed by atoms with van der Waals surface area (Å²) < 4.78 is 25.6. The van der Waals surface area contributed by atoms with Crippen molar-refractivity contribution in [2.75, 3.05) is 6.54 Å². The number of carbonyl (C=O) groups is 2. The Morgan fingerprint density at radius 3 is 2.16 bits per heavy atom. The molecule has 0 heterocycles. The van der Waals surface area contributed by atoms with Gasteiger partial charge < -0.3 is 10.0 Å². The molecular formula is C19H19F2NO3. The molecule has 0 radical (unpaired) electrons. The topological polar surface area (TPSA) is 57.6 Å². The predicted octanol–water partition coefficient (Wildman–Crippen LogP) is 3.61. The van der Waals surface area contributed by atoms with Crippen LogP contribution in [0.1, 0.15) is 27.9 Å². The summed E-state index contributed by atoms with van der Waals surface area (Å²) in [5.41, 5.74) is 1.75. The van der Waals surface area contributed by atoms with Crippen LogP contribution in [-0.2, 0) is 17.8 Å². The van der Waals surface area contributed by atoms with E-state index in [2.05, 4.69) is 0 Å². The van der Waals surface area contributed by atoms with Gasteiger partial charge in [0.05, 0.1) is 12.1 Å². The highest BCUT2D eigenvalue weighted by Crippen LogP contribution is 2.12. The van der Waals surface area contributed by atoms with Gasteiger partial charge in [-0.15, -0.1) is 0 Å². The van der Waals surface area contributed by atoms with Crippen LogP contribution in [-0.4, -0.2) is 34.9 Å². The minimum absolute atomic E-state index is 0.0893. The van der Waals surface area contributed by atoms with Gasteiger partial charge in [0.1, 0.15) is 0 Å². The molecule has 2 aromatic carbocycles. The Balaban J connectivity index is 1.97. The molecule has 132 valence electrons. The minimum Gasteiger partial charge on any atom is -0.478 e.